The normalized spacial score (nSPS) is 19.4. The van der Waals surface area contributed by atoms with Crippen molar-refractivity contribution >= 4 is 33.7 Å². The summed E-state index contributed by atoms with van der Waals surface area (Å²) in [6.45, 7) is 1.70. The minimum Gasteiger partial charge on any atom is -0.455 e. The predicted octanol–water partition coefficient (Wildman–Crippen LogP) is 0.530. The van der Waals surface area contributed by atoms with Gasteiger partial charge in [-0.3, -0.25) is 14.3 Å². The summed E-state index contributed by atoms with van der Waals surface area (Å²) < 4.78 is 17.9. The molecule has 1 fully saturated rings. The highest BCUT2D eigenvalue weighted by molar-refractivity contribution is 7.16. The van der Waals surface area contributed by atoms with E-state index >= 15 is 0 Å². The average molecular weight is 399 g/mol. The number of aliphatic hydroxyl groups excluding tert-OH is 1. The maximum Gasteiger partial charge on any atom is 0.412 e. The number of nitrogens with zero attached hydrogens (tertiary/aromatic N) is 4. The summed E-state index contributed by atoms with van der Waals surface area (Å²) >= 11 is 0.905. The van der Waals surface area contributed by atoms with Crippen molar-refractivity contribution in [3.05, 3.63) is 9.67 Å². The molecule has 1 aliphatic rings. The third-order valence-corrected chi connectivity index (χ3v) is 4.93. The summed E-state index contributed by atoms with van der Waals surface area (Å²) in [5.74, 6) is 0.0331. The molecule has 0 bridgehead atoms. The van der Waals surface area contributed by atoms with Crippen LogP contribution in [0.1, 0.15) is 26.0 Å². The standard InChI is InChI=1S/C15H21N5O6S/c1-3-24-14(22)19(2)7-25-12-10-11(17-13(16)18-12)20(15(23)27-10)9-5-4-8(6-21)26-9/h8-9,21H,3-7H2,1-2H3,(H2,16,17,18)/t8-,9+/m0/s1. The molecule has 12 heteroatoms. The molecule has 0 aliphatic carbocycles. The van der Waals surface area contributed by atoms with Crippen LogP contribution in [-0.4, -0.2) is 63.7 Å². The SMILES string of the molecule is CCOC(=O)N(C)COc1nc(N)nc2c1sc(=O)n2[C@H]1CC[C@@H](CO)O1. The second kappa shape index (κ2) is 8.06. The Kier molecular flexibility index (Phi) is 5.77. The van der Waals surface area contributed by atoms with Gasteiger partial charge in [0.15, 0.2) is 12.4 Å². The monoisotopic (exact) mass is 399 g/mol. The van der Waals surface area contributed by atoms with Gasteiger partial charge in [0, 0.05) is 7.05 Å². The van der Waals surface area contributed by atoms with Gasteiger partial charge in [0.25, 0.3) is 0 Å². The lowest BCUT2D eigenvalue weighted by Gasteiger charge is -2.17. The number of carbonyl (C=O) groups excluding carboxylic acids is 1. The van der Waals surface area contributed by atoms with Crippen molar-refractivity contribution in [2.75, 3.05) is 32.7 Å². The summed E-state index contributed by atoms with van der Waals surface area (Å²) in [4.78, 5) is 33.3. The molecule has 27 heavy (non-hydrogen) atoms. The highest BCUT2D eigenvalue weighted by atomic mass is 32.1. The molecule has 2 aromatic heterocycles. The number of carbonyl (C=O) groups is 1. The molecule has 1 aliphatic heterocycles. The maximum absolute atomic E-state index is 12.5. The van der Waals surface area contributed by atoms with Crippen LogP contribution in [0.2, 0.25) is 0 Å². The number of nitrogen functional groups attached to an aromatic ring is 1. The summed E-state index contributed by atoms with van der Waals surface area (Å²) in [6.07, 6.45) is -0.185. The minimum atomic E-state index is -0.545. The molecular weight excluding hydrogens is 378 g/mol. The van der Waals surface area contributed by atoms with E-state index in [1.54, 1.807) is 6.92 Å². The Balaban J connectivity index is 1.88. The molecule has 0 aromatic carbocycles. The van der Waals surface area contributed by atoms with Crippen LogP contribution in [0.15, 0.2) is 4.79 Å². The number of ether oxygens (including phenoxy) is 3. The largest absolute Gasteiger partial charge is 0.455 e. The van der Waals surface area contributed by atoms with Gasteiger partial charge in [-0.15, -0.1) is 0 Å². The van der Waals surface area contributed by atoms with E-state index in [-0.39, 0.29) is 42.7 Å². The summed E-state index contributed by atoms with van der Waals surface area (Å²) in [5, 5.41) is 9.24. The molecule has 1 saturated heterocycles. The summed E-state index contributed by atoms with van der Waals surface area (Å²) in [6, 6.07) is 0. The van der Waals surface area contributed by atoms with E-state index in [1.807, 2.05) is 0 Å². The molecule has 0 unspecified atom stereocenters. The molecule has 1 amide bonds. The predicted molar refractivity (Wildman–Crippen MR) is 96.6 cm³/mol. The van der Waals surface area contributed by atoms with Gasteiger partial charge in [0.05, 0.1) is 19.3 Å². The van der Waals surface area contributed by atoms with Gasteiger partial charge in [-0.05, 0) is 19.8 Å². The first-order chi connectivity index (χ1) is 12.9. The van der Waals surface area contributed by atoms with Crippen molar-refractivity contribution in [2.45, 2.75) is 32.1 Å². The highest BCUT2D eigenvalue weighted by Gasteiger charge is 2.30. The first-order valence-electron chi connectivity index (χ1n) is 8.40. The third kappa shape index (κ3) is 3.96. The van der Waals surface area contributed by atoms with Gasteiger partial charge in [-0.2, -0.15) is 9.97 Å². The maximum atomic E-state index is 12.5. The molecule has 2 aromatic rings. The quantitative estimate of drug-likeness (QED) is 0.665. The lowest BCUT2D eigenvalue weighted by molar-refractivity contribution is -0.0214. The van der Waals surface area contributed by atoms with Crippen molar-refractivity contribution in [1.82, 2.24) is 19.4 Å². The van der Waals surface area contributed by atoms with Crippen molar-refractivity contribution in [2.24, 2.45) is 0 Å². The topological polar surface area (TPSA) is 142 Å². The zero-order valence-electron chi connectivity index (χ0n) is 15.0. The number of amides is 1. The Morgan fingerprint density at radius 3 is 2.93 bits per heavy atom. The third-order valence-electron chi connectivity index (χ3n) is 4.00. The Morgan fingerprint density at radius 1 is 1.48 bits per heavy atom. The number of hydrogen-bond acceptors (Lipinski definition) is 10. The molecule has 3 rings (SSSR count). The molecular formula is C15H21N5O6S. The van der Waals surface area contributed by atoms with Crippen molar-refractivity contribution in [3.63, 3.8) is 0 Å². The van der Waals surface area contributed by atoms with E-state index in [9.17, 15) is 14.7 Å². The smallest absolute Gasteiger partial charge is 0.412 e. The van der Waals surface area contributed by atoms with Gasteiger partial charge in [0.1, 0.15) is 10.9 Å². The number of thiazole rings is 1. The van der Waals surface area contributed by atoms with E-state index in [4.69, 9.17) is 19.9 Å². The molecule has 3 heterocycles. The fraction of sp³-hybridized carbons (Fsp3) is 0.600. The second-order valence-electron chi connectivity index (χ2n) is 5.92. The van der Waals surface area contributed by atoms with Gasteiger partial charge in [-0.25, -0.2) is 4.79 Å². The molecule has 3 N–H and O–H groups in total. The van der Waals surface area contributed by atoms with Crippen molar-refractivity contribution in [3.8, 4) is 5.88 Å². The Morgan fingerprint density at radius 2 is 2.26 bits per heavy atom. The minimum absolute atomic E-state index is 0.0699. The fourth-order valence-corrected chi connectivity index (χ4v) is 3.62. The average Bonchev–Trinajstić information content (AvgIpc) is 3.22. The van der Waals surface area contributed by atoms with Crippen LogP contribution in [0.25, 0.3) is 10.3 Å². The Labute approximate surface area is 158 Å². The number of fused-ring (bicyclic) bond motifs is 1. The van der Waals surface area contributed by atoms with Gasteiger partial charge in [0.2, 0.25) is 11.8 Å². The lowest BCUT2D eigenvalue weighted by Crippen LogP contribution is -2.31. The number of aliphatic hydroxyl groups is 1. The van der Waals surface area contributed by atoms with Crippen molar-refractivity contribution in [1.29, 1.82) is 0 Å². The molecule has 2 atom stereocenters. The Bertz CT molecular complexity index is 883. The van der Waals surface area contributed by atoms with Crippen LogP contribution in [0, 0.1) is 0 Å². The van der Waals surface area contributed by atoms with Crippen LogP contribution in [-0.2, 0) is 9.47 Å². The van der Waals surface area contributed by atoms with Gasteiger partial charge >= 0.3 is 11.0 Å². The first-order valence-corrected chi connectivity index (χ1v) is 9.21. The number of aromatic nitrogens is 3. The van der Waals surface area contributed by atoms with Crippen LogP contribution in [0.5, 0.6) is 5.88 Å². The number of hydrogen-bond donors (Lipinski definition) is 2. The molecule has 0 saturated carbocycles. The van der Waals surface area contributed by atoms with E-state index in [2.05, 4.69) is 9.97 Å². The van der Waals surface area contributed by atoms with Crippen LogP contribution >= 0.6 is 11.3 Å². The molecule has 0 radical (unpaired) electrons. The first kappa shape index (κ1) is 19.3. The number of nitrogens with two attached hydrogens (primary N) is 1. The van der Waals surface area contributed by atoms with Crippen LogP contribution < -0.4 is 15.3 Å². The fourth-order valence-electron chi connectivity index (χ4n) is 2.72. The van der Waals surface area contributed by atoms with Gasteiger partial charge < -0.3 is 25.1 Å². The van der Waals surface area contributed by atoms with Crippen LogP contribution in [0.4, 0.5) is 10.7 Å². The molecule has 148 valence electrons. The van der Waals surface area contributed by atoms with Crippen molar-refractivity contribution < 1.29 is 24.1 Å². The van der Waals surface area contributed by atoms with E-state index in [1.165, 1.54) is 16.5 Å². The number of rotatable bonds is 6. The zero-order chi connectivity index (χ0) is 19.6. The second-order valence-corrected chi connectivity index (χ2v) is 6.88. The summed E-state index contributed by atoms with van der Waals surface area (Å²) in [5.41, 5.74) is 6.07. The van der Waals surface area contributed by atoms with E-state index in [0.29, 0.717) is 23.2 Å². The Hall–Kier alpha value is -2.44. The van der Waals surface area contributed by atoms with Crippen LogP contribution in [0.3, 0.4) is 0 Å². The molecule has 11 nitrogen and oxygen atoms in total. The molecule has 0 spiro atoms. The number of anilines is 1. The lowest BCUT2D eigenvalue weighted by atomic mass is 10.2. The zero-order valence-corrected chi connectivity index (χ0v) is 15.8. The highest BCUT2D eigenvalue weighted by Crippen LogP contribution is 2.33. The van der Waals surface area contributed by atoms with E-state index in [0.717, 1.165) is 11.3 Å². The summed E-state index contributed by atoms with van der Waals surface area (Å²) in [7, 11) is 1.51. The van der Waals surface area contributed by atoms with Gasteiger partial charge in [-0.1, -0.05) is 11.3 Å². The van der Waals surface area contributed by atoms with E-state index < -0.39 is 12.3 Å².